The van der Waals surface area contributed by atoms with Gasteiger partial charge in [0.25, 0.3) is 11.8 Å². The highest BCUT2D eigenvalue weighted by Crippen LogP contribution is 2.37. The number of imide groups is 1. The second-order valence-electron chi connectivity index (χ2n) is 6.71. The molecule has 0 bridgehead atoms. The van der Waals surface area contributed by atoms with Gasteiger partial charge in [-0.3, -0.25) is 9.59 Å². The lowest BCUT2D eigenvalue weighted by molar-refractivity contribution is -0.120. The number of carbonyl (C=O) groups excluding carboxylic acids is 2. The number of amides is 2. The van der Waals surface area contributed by atoms with Gasteiger partial charge in [0, 0.05) is 5.69 Å². The number of halogens is 1. The number of ether oxygens (including phenoxy) is 2. The average Bonchev–Trinajstić information content (AvgIpc) is 3.03. The van der Waals surface area contributed by atoms with Crippen molar-refractivity contribution in [1.82, 2.24) is 0 Å². The van der Waals surface area contributed by atoms with E-state index in [9.17, 15) is 14.0 Å². The number of nitrogens with zero attached hydrogens (tertiary/aromatic N) is 1. The SMILES string of the molecule is COc1ccc(C2=C(Nc3ccccc3)C(=O)N(c3ccccc3F)C2=O)cc1OC. The lowest BCUT2D eigenvalue weighted by Crippen LogP contribution is -2.33. The van der Waals surface area contributed by atoms with Crippen LogP contribution in [0.5, 0.6) is 11.5 Å². The smallest absolute Gasteiger partial charge is 0.282 e. The summed E-state index contributed by atoms with van der Waals surface area (Å²) in [5.74, 6) is -1.08. The summed E-state index contributed by atoms with van der Waals surface area (Å²) >= 11 is 0. The van der Waals surface area contributed by atoms with Crippen LogP contribution in [-0.4, -0.2) is 26.0 Å². The maximum absolute atomic E-state index is 14.5. The summed E-state index contributed by atoms with van der Waals surface area (Å²) in [6, 6.07) is 19.5. The zero-order chi connectivity index (χ0) is 22.0. The fourth-order valence-corrected chi connectivity index (χ4v) is 3.42. The Balaban J connectivity index is 1.87. The van der Waals surface area contributed by atoms with Crippen LogP contribution < -0.4 is 19.7 Å². The van der Waals surface area contributed by atoms with Crippen LogP contribution in [-0.2, 0) is 9.59 Å². The second-order valence-corrected chi connectivity index (χ2v) is 6.71. The topological polar surface area (TPSA) is 67.9 Å². The Morgan fingerprint density at radius 1 is 0.806 bits per heavy atom. The van der Waals surface area contributed by atoms with Gasteiger partial charge in [-0.15, -0.1) is 0 Å². The van der Waals surface area contributed by atoms with E-state index < -0.39 is 17.6 Å². The van der Waals surface area contributed by atoms with Gasteiger partial charge in [0.1, 0.15) is 11.5 Å². The molecule has 0 radical (unpaired) electrons. The lowest BCUT2D eigenvalue weighted by Gasteiger charge is -2.16. The molecular weight excluding hydrogens is 399 g/mol. The molecule has 1 heterocycles. The maximum atomic E-state index is 14.5. The van der Waals surface area contributed by atoms with Gasteiger partial charge >= 0.3 is 0 Å². The Hall–Kier alpha value is -4.13. The van der Waals surface area contributed by atoms with Crippen LogP contribution in [0.25, 0.3) is 5.57 Å². The third-order valence-electron chi connectivity index (χ3n) is 4.89. The maximum Gasteiger partial charge on any atom is 0.282 e. The number of methoxy groups -OCH3 is 2. The Morgan fingerprint density at radius 3 is 2.16 bits per heavy atom. The molecule has 6 nitrogen and oxygen atoms in total. The predicted molar refractivity (Wildman–Crippen MR) is 115 cm³/mol. The lowest BCUT2D eigenvalue weighted by atomic mass is 10.0. The molecule has 1 aliphatic heterocycles. The van der Waals surface area contributed by atoms with E-state index in [4.69, 9.17) is 9.47 Å². The predicted octanol–water partition coefficient (Wildman–Crippen LogP) is 4.24. The highest BCUT2D eigenvalue weighted by molar-refractivity contribution is 6.46. The van der Waals surface area contributed by atoms with Crippen molar-refractivity contribution in [1.29, 1.82) is 0 Å². The first-order valence-electron chi connectivity index (χ1n) is 9.47. The summed E-state index contributed by atoms with van der Waals surface area (Å²) in [7, 11) is 2.98. The molecule has 156 valence electrons. The number of carbonyl (C=O) groups is 2. The highest BCUT2D eigenvalue weighted by Gasteiger charge is 2.41. The minimum atomic E-state index is -0.670. The van der Waals surface area contributed by atoms with Gasteiger partial charge in [0.2, 0.25) is 0 Å². The van der Waals surface area contributed by atoms with Gasteiger partial charge in [-0.1, -0.05) is 36.4 Å². The van der Waals surface area contributed by atoms with Gasteiger partial charge in [0.15, 0.2) is 11.5 Å². The highest BCUT2D eigenvalue weighted by atomic mass is 19.1. The molecule has 31 heavy (non-hydrogen) atoms. The molecule has 0 aliphatic carbocycles. The zero-order valence-corrected chi connectivity index (χ0v) is 16.9. The zero-order valence-electron chi connectivity index (χ0n) is 16.9. The first-order chi connectivity index (χ1) is 15.0. The number of hydrogen-bond acceptors (Lipinski definition) is 5. The second kappa shape index (κ2) is 8.31. The van der Waals surface area contributed by atoms with E-state index in [0.29, 0.717) is 22.7 Å². The molecule has 3 aromatic rings. The van der Waals surface area contributed by atoms with E-state index in [2.05, 4.69) is 5.32 Å². The van der Waals surface area contributed by atoms with Crippen molar-refractivity contribution in [2.75, 3.05) is 24.4 Å². The number of rotatable bonds is 6. The van der Waals surface area contributed by atoms with Crippen molar-refractivity contribution in [3.8, 4) is 11.5 Å². The van der Waals surface area contributed by atoms with Crippen molar-refractivity contribution < 1.29 is 23.5 Å². The Kier molecular flexibility index (Phi) is 5.41. The fourth-order valence-electron chi connectivity index (χ4n) is 3.42. The van der Waals surface area contributed by atoms with Crippen molar-refractivity contribution in [3.63, 3.8) is 0 Å². The fraction of sp³-hybridized carbons (Fsp3) is 0.0833. The molecule has 0 saturated carbocycles. The summed E-state index contributed by atoms with van der Waals surface area (Å²) < 4.78 is 25.1. The van der Waals surface area contributed by atoms with Gasteiger partial charge in [-0.05, 0) is 42.0 Å². The van der Waals surface area contributed by atoms with E-state index in [0.717, 1.165) is 4.90 Å². The molecule has 0 fully saturated rings. The summed E-state index contributed by atoms with van der Waals surface area (Å²) in [5.41, 5.74) is 1.10. The van der Waals surface area contributed by atoms with E-state index >= 15 is 0 Å². The summed E-state index contributed by atoms with van der Waals surface area (Å²) in [4.78, 5) is 27.5. The number of anilines is 2. The quantitative estimate of drug-likeness (QED) is 0.607. The first-order valence-corrected chi connectivity index (χ1v) is 9.47. The van der Waals surface area contributed by atoms with Crippen LogP contribution in [0.3, 0.4) is 0 Å². The van der Waals surface area contributed by atoms with Crippen LogP contribution in [0.2, 0.25) is 0 Å². The van der Waals surface area contributed by atoms with E-state index in [-0.39, 0.29) is 17.0 Å². The number of nitrogens with one attached hydrogen (secondary N) is 1. The monoisotopic (exact) mass is 418 g/mol. The summed E-state index contributed by atoms with van der Waals surface area (Å²) in [6.45, 7) is 0. The van der Waals surface area contributed by atoms with Crippen LogP contribution in [0.4, 0.5) is 15.8 Å². The summed E-state index contributed by atoms with van der Waals surface area (Å²) in [6.07, 6.45) is 0. The van der Waals surface area contributed by atoms with Gasteiger partial charge in [0.05, 0.1) is 25.5 Å². The van der Waals surface area contributed by atoms with Gasteiger partial charge in [-0.25, -0.2) is 9.29 Å². The molecule has 0 unspecified atom stereocenters. The van der Waals surface area contributed by atoms with Crippen molar-refractivity contribution in [2.24, 2.45) is 0 Å². The van der Waals surface area contributed by atoms with Crippen LogP contribution in [0.1, 0.15) is 5.56 Å². The molecule has 1 aliphatic rings. The number of hydrogen-bond donors (Lipinski definition) is 1. The van der Waals surface area contributed by atoms with Crippen LogP contribution in [0, 0.1) is 5.82 Å². The van der Waals surface area contributed by atoms with Crippen molar-refractivity contribution >= 4 is 28.8 Å². The molecule has 0 atom stereocenters. The number of benzene rings is 3. The van der Waals surface area contributed by atoms with E-state index in [1.807, 2.05) is 6.07 Å². The normalized spacial score (nSPS) is 13.6. The Labute approximate surface area is 178 Å². The third kappa shape index (κ3) is 3.61. The molecule has 3 aromatic carbocycles. The molecule has 0 spiro atoms. The minimum Gasteiger partial charge on any atom is -0.493 e. The molecule has 1 N–H and O–H groups in total. The molecule has 2 amide bonds. The van der Waals surface area contributed by atoms with Crippen molar-refractivity contribution in [3.05, 3.63) is 89.9 Å². The summed E-state index contributed by atoms with van der Waals surface area (Å²) in [5, 5.41) is 3.03. The van der Waals surface area contributed by atoms with E-state index in [1.54, 1.807) is 48.5 Å². The standard InChI is InChI=1S/C24H19FN2O4/c1-30-19-13-12-15(14-20(19)31-2)21-22(26-16-8-4-3-5-9-16)24(29)27(23(21)28)18-11-7-6-10-17(18)25/h3-14,26H,1-2H3. The Morgan fingerprint density at radius 2 is 1.48 bits per heavy atom. The van der Waals surface area contributed by atoms with Gasteiger partial charge in [-0.2, -0.15) is 0 Å². The van der Waals surface area contributed by atoms with Crippen LogP contribution in [0.15, 0.2) is 78.5 Å². The molecule has 0 aromatic heterocycles. The Bertz CT molecular complexity index is 1190. The minimum absolute atomic E-state index is 0.0478. The molecule has 0 saturated heterocycles. The molecule has 4 rings (SSSR count). The van der Waals surface area contributed by atoms with Crippen molar-refractivity contribution in [2.45, 2.75) is 0 Å². The van der Waals surface area contributed by atoms with Gasteiger partial charge < -0.3 is 14.8 Å². The van der Waals surface area contributed by atoms with Crippen LogP contribution >= 0.6 is 0 Å². The number of para-hydroxylation sites is 2. The first kappa shape index (κ1) is 20.2. The largest absolute Gasteiger partial charge is 0.493 e. The average molecular weight is 418 g/mol. The molecule has 7 heteroatoms. The third-order valence-corrected chi connectivity index (χ3v) is 4.89. The molecular formula is C24H19FN2O4. The van der Waals surface area contributed by atoms with E-state index in [1.165, 1.54) is 32.4 Å².